The highest BCUT2D eigenvalue weighted by Gasteiger charge is 2.13. The number of nitrogens with one attached hydrogen (secondary N) is 2. The smallest absolute Gasteiger partial charge is 0.339 e. The fourth-order valence-electron chi connectivity index (χ4n) is 1.45. The molecule has 0 aliphatic carbocycles. The number of benzene rings is 1. The van der Waals surface area contributed by atoms with Crippen molar-refractivity contribution in [3.8, 4) is 5.75 Å². The zero-order valence-corrected chi connectivity index (χ0v) is 11.2. The van der Waals surface area contributed by atoms with Crippen LogP contribution in [0.4, 0.5) is 4.79 Å². The molecule has 0 fully saturated rings. The van der Waals surface area contributed by atoms with E-state index in [4.69, 9.17) is 9.84 Å². The lowest BCUT2D eigenvalue weighted by Gasteiger charge is -2.10. The number of rotatable bonds is 5. The summed E-state index contributed by atoms with van der Waals surface area (Å²) in [4.78, 5) is 33.5. The predicted molar refractivity (Wildman–Crippen MR) is 70.8 cm³/mol. The van der Waals surface area contributed by atoms with Crippen LogP contribution in [-0.4, -0.2) is 36.2 Å². The third-order valence-corrected chi connectivity index (χ3v) is 2.31. The first-order valence-corrected chi connectivity index (χ1v) is 5.98. The van der Waals surface area contributed by atoms with Crippen LogP contribution in [0.3, 0.4) is 0 Å². The van der Waals surface area contributed by atoms with E-state index in [2.05, 4.69) is 5.32 Å². The minimum Gasteiger partial charge on any atom is -0.483 e. The Labute approximate surface area is 115 Å². The van der Waals surface area contributed by atoms with Gasteiger partial charge in [-0.1, -0.05) is 11.6 Å². The summed E-state index contributed by atoms with van der Waals surface area (Å²) < 4.78 is 5.12. The number of carboxylic acid groups (broad SMARTS) is 1. The average molecular weight is 280 g/mol. The van der Waals surface area contributed by atoms with Crippen LogP contribution in [0, 0.1) is 6.92 Å². The second-order valence-electron chi connectivity index (χ2n) is 4.00. The second-order valence-corrected chi connectivity index (χ2v) is 4.00. The molecule has 7 heteroatoms. The summed E-state index contributed by atoms with van der Waals surface area (Å²) in [7, 11) is 0. The fourth-order valence-corrected chi connectivity index (χ4v) is 1.45. The maximum absolute atomic E-state index is 11.4. The van der Waals surface area contributed by atoms with Crippen LogP contribution in [0.5, 0.6) is 5.75 Å². The summed E-state index contributed by atoms with van der Waals surface area (Å²) in [5, 5.41) is 13.5. The molecule has 3 N–H and O–H groups in total. The molecular formula is C13H16N2O5. The first kappa shape index (κ1) is 15.5. The summed E-state index contributed by atoms with van der Waals surface area (Å²) >= 11 is 0. The van der Waals surface area contributed by atoms with Crippen molar-refractivity contribution in [3.63, 3.8) is 0 Å². The molecule has 0 radical (unpaired) electrons. The highest BCUT2D eigenvalue weighted by molar-refractivity contribution is 5.95. The predicted octanol–water partition coefficient (Wildman–Crippen LogP) is 0.918. The van der Waals surface area contributed by atoms with Crippen molar-refractivity contribution < 1.29 is 24.2 Å². The van der Waals surface area contributed by atoms with Gasteiger partial charge in [0.25, 0.3) is 5.91 Å². The Kier molecular flexibility index (Phi) is 5.52. The molecule has 0 aliphatic rings. The average Bonchev–Trinajstić information content (AvgIpc) is 2.37. The number of urea groups is 1. The number of ether oxygens (including phenoxy) is 1. The van der Waals surface area contributed by atoms with Crippen molar-refractivity contribution in [2.24, 2.45) is 0 Å². The molecule has 0 saturated heterocycles. The molecule has 0 saturated carbocycles. The van der Waals surface area contributed by atoms with Crippen LogP contribution >= 0.6 is 0 Å². The summed E-state index contributed by atoms with van der Waals surface area (Å²) in [6.07, 6.45) is 0. The maximum Gasteiger partial charge on any atom is 0.339 e. The molecule has 7 nitrogen and oxygen atoms in total. The highest BCUT2D eigenvalue weighted by atomic mass is 16.5. The van der Waals surface area contributed by atoms with Gasteiger partial charge >= 0.3 is 12.0 Å². The Hall–Kier alpha value is -2.57. The Balaban J connectivity index is 2.64. The molecule has 1 aromatic rings. The van der Waals surface area contributed by atoms with Gasteiger partial charge < -0.3 is 15.2 Å². The van der Waals surface area contributed by atoms with E-state index in [1.54, 1.807) is 19.9 Å². The molecule has 0 spiro atoms. The molecule has 0 heterocycles. The van der Waals surface area contributed by atoms with Gasteiger partial charge in [-0.3, -0.25) is 10.1 Å². The normalized spacial score (nSPS) is 9.70. The minimum atomic E-state index is -1.15. The third-order valence-electron chi connectivity index (χ3n) is 2.31. The van der Waals surface area contributed by atoms with Gasteiger partial charge in [0.1, 0.15) is 11.3 Å². The molecule has 3 amide bonds. The number of aromatic carboxylic acids is 1. The van der Waals surface area contributed by atoms with E-state index in [0.29, 0.717) is 6.54 Å². The van der Waals surface area contributed by atoms with E-state index in [9.17, 15) is 14.4 Å². The van der Waals surface area contributed by atoms with E-state index in [1.165, 1.54) is 12.1 Å². The van der Waals surface area contributed by atoms with Crippen molar-refractivity contribution in [1.29, 1.82) is 0 Å². The molecule has 1 aromatic carbocycles. The van der Waals surface area contributed by atoms with Crippen molar-refractivity contribution in [2.45, 2.75) is 13.8 Å². The van der Waals surface area contributed by atoms with Gasteiger partial charge in [-0.05, 0) is 26.0 Å². The number of imide groups is 1. The topological polar surface area (TPSA) is 105 Å². The number of carbonyl (C=O) groups is 3. The van der Waals surface area contributed by atoms with Gasteiger partial charge in [-0.25, -0.2) is 9.59 Å². The van der Waals surface area contributed by atoms with Gasteiger partial charge in [0.05, 0.1) is 0 Å². The summed E-state index contributed by atoms with van der Waals surface area (Å²) in [5.74, 6) is -1.73. The standard InChI is InChI=1S/C13H16N2O5/c1-3-14-13(19)15-11(16)7-20-10-5-4-8(2)6-9(10)12(17)18/h4-6H,3,7H2,1-2H3,(H,17,18)(H2,14,15,16,19). The first-order chi connectivity index (χ1) is 9.43. The lowest BCUT2D eigenvalue weighted by atomic mass is 10.1. The first-order valence-electron chi connectivity index (χ1n) is 5.98. The fraction of sp³-hybridized carbons (Fsp3) is 0.308. The number of aryl methyl sites for hydroxylation is 1. The second kappa shape index (κ2) is 7.13. The number of amides is 3. The Morgan fingerprint density at radius 3 is 2.60 bits per heavy atom. The van der Waals surface area contributed by atoms with Gasteiger partial charge in [0.15, 0.2) is 6.61 Å². The summed E-state index contributed by atoms with van der Waals surface area (Å²) in [5.41, 5.74) is 0.734. The van der Waals surface area contributed by atoms with E-state index in [1.807, 2.05) is 5.32 Å². The Bertz CT molecular complexity index is 527. The van der Waals surface area contributed by atoms with Crippen molar-refractivity contribution in [1.82, 2.24) is 10.6 Å². The zero-order valence-electron chi connectivity index (χ0n) is 11.2. The minimum absolute atomic E-state index is 0.0317. The van der Waals surface area contributed by atoms with Crippen LogP contribution in [0.1, 0.15) is 22.8 Å². The third kappa shape index (κ3) is 4.60. The Morgan fingerprint density at radius 2 is 2.00 bits per heavy atom. The molecule has 1 rings (SSSR count). The van der Waals surface area contributed by atoms with Crippen LogP contribution in [0.25, 0.3) is 0 Å². The molecule has 0 bridgehead atoms. The van der Waals surface area contributed by atoms with Crippen molar-refractivity contribution in [3.05, 3.63) is 29.3 Å². The molecule has 108 valence electrons. The molecule has 20 heavy (non-hydrogen) atoms. The number of hydrogen-bond donors (Lipinski definition) is 3. The monoisotopic (exact) mass is 280 g/mol. The van der Waals surface area contributed by atoms with Crippen LogP contribution in [-0.2, 0) is 4.79 Å². The molecule has 0 unspecified atom stereocenters. The number of carbonyl (C=O) groups excluding carboxylic acids is 2. The largest absolute Gasteiger partial charge is 0.483 e. The van der Waals surface area contributed by atoms with Gasteiger partial charge in [-0.2, -0.15) is 0 Å². The van der Waals surface area contributed by atoms with Crippen LogP contribution < -0.4 is 15.4 Å². The Morgan fingerprint density at radius 1 is 1.30 bits per heavy atom. The van der Waals surface area contributed by atoms with Crippen LogP contribution in [0.2, 0.25) is 0 Å². The summed E-state index contributed by atoms with van der Waals surface area (Å²) in [6.45, 7) is 3.41. The molecule has 0 aliphatic heterocycles. The van der Waals surface area contributed by atoms with E-state index in [-0.39, 0.29) is 11.3 Å². The number of hydrogen-bond acceptors (Lipinski definition) is 4. The maximum atomic E-state index is 11.4. The molecule has 0 aromatic heterocycles. The van der Waals surface area contributed by atoms with E-state index in [0.717, 1.165) is 5.56 Å². The molecule has 0 atom stereocenters. The summed E-state index contributed by atoms with van der Waals surface area (Å²) in [6, 6.07) is 3.96. The van der Waals surface area contributed by atoms with Gasteiger partial charge in [0, 0.05) is 6.54 Å². The van der Waals surface area contributed by atoms with Crippen molar-refractivity contribution in [2.75, 3.05) is 13.2 Å². The lowest BCUT2D eigenvalue weighted by molar-refractivity contribution is -0.122. The van der Waals surface area contributed by atoms with Crippen LogP contribution in [0.15, 0.2) is 18.2 Å². The van der Waals surface area contributed by atoms with Gasteiger partial charge in [-0.15, -0.1) is 0 Å². The molecular weight excluding hydrogens is 264 g/mol. The number of carboxylic acids is 1. The van der Waals surface area contributed by atoms with E-state index < -0.39 is 24.5 Å². The van der Waals surface area contributed by atoms with Gasteiger partial charge in [0.2, 0.25) is 0 Å². The quantitative estimate of drug-likeness (QED) is 0.743. The van der Waals surface area contributed by atoms with Crippen molar-refractivity contribution >= 4 is 17.9 Å². The van der Waals surface area contributed by atoms with E-state index >= 15 is 0 Å². The zero-order chi connectivity index (χ0) is 15.1. The highest BCUT2D eigenvalue weighted by Crippen LogP contribution is 2.19. The lowest BCUT2D eigenvalue weighted by Crippen LogP contribution is -2.41. The SMILES string of the molecule is CCNC(=O)NC(=O)COc1ccc(C)cc1C(=O)O.